The van der Waals surface area contributed by atoms with Crippen molar-refractivity contribution < 1.29 is 9.53 Å². The van der Waals surface area contributed by atoms with Crippen molar-refractivity contribution in [2.24, 2.45) is 0 Å². The van der Waals surface area contributed by atoms with E-state index in [1.165, 1.54) is 7.11 Å². The Labute approximate surface area is 118 Å². The van der Waals surface area contributed by atoms with Crippen LogP contribution in [0.2, 0.25) is 0 Å². The summed E-state index contributed by atoms with van der Waals surface area (Å²) in [5.74, 6) is 0.292. The van der Waals surface area contributed by atoms with E-state index in [-0.39, 0.29) is 5.91 Å². The summed E-state index contributed by atoms with van der Waals surface area (Å²) in [4.78, 5) is 14.2. The number of amides is 1. The van der Waals surface area contributed by atoms with Crippen molar-refractivity contribution in [3.63, 3.8) is 0 Å². The molecular formula is C16H18N2O2. The minimum absolute atomic E-state index is 0.189. The van der Waals surface area contributed by atoms with E-state index in [0.717, 1.165) is 11.3 Å². The van der Waals surface area contributed by atoms with Crippen molar-refractivity contribution in [2.45, 2.75) is 6.92 Å². The number of hydrogen-bond acceptors (Lipinski definition) is 3. The Kier molecular flexibility index (Phi) is 3.94. The highest BCUT2D eigenvalue weighted by Crippen LogP contribution is 2.27. The Balaban J connectivity index is 2.41. The van der Waals surface area contributed by atoms with Crippen LogP contribution < -0.4 is 15.4 Å². The predicted octanol–water partition coefficient (Wildman–Crippen LogP) is 2.86. The lowest BCUT2D eigenvalue weighted by atomic mass is 10.1. The lowest BCUT2D eigenvalue weighted by Crippen LogP contribution is -2.27. The Morgan fingerprint density at radius 1 is 1.20 bits per heavy atom. The second-order valence-corrected chi connectivity index (χ2v) is 4.63. The maximum absolute atomic E-state index is 12.6. The average molecular weight is 270 g/mol. The first kappa shape index (κ1) is 13.9. The molecule has 0 heterocycles. The van der Waals surface area contributed by atoms with Crippen LogP contribution >= 0.6 is 0 Å². The van der Waals surface area contributed by atoms with Gasteiger partial charge in [-0.2, -0.15) is 0 Å². The first-order valence-corrected chi connectivity index (χ1v) is 6.31. The van der Waals surface area contributed by atoms with Gasteiger partial charge in [-0.3, -0.25) is 4.79 Å². The van der Waals surface area contributed by atoms with Crippen molar-refractivity contribution in [3.05, 3.63) is 53.6 Å². The van der Waals surface area contributed by atoms with E-state index >= 15 is 0 Å². The zero-order chi connectivity index (χ0) is 14.7. The van der Waals surface area contributed by atoms with Crippen molar-refractivity contribution in [2.75, 3.05) is 24.8 Å². The molecule has 104 valence electrons. The molecule has 0 fully saturated rings. The van der Waals surface area contributed by atoms with Gasteiger partial charge in [0.1, 0.15) is 11.3 Å². The van der Waals surface area contributed by atoms with Gasteiger partial charge >= 0.3 is 0 Å². The third-order valence-electron chi connectivity index (χ3n) is 3.19. The smallest absolute Gasteiger partial charge is 0.263 e. The number of aryl methyl sites for hydroxylation is 1. The van der Waals surface area contributed by atoms with Crippen LogP contribution in [0.4, 0.5) is 11.4 Å². The summed E-state index contributed by atoms with van der Waals surface area (Å²) in [5, 5.41) is 0. The van der Waals surface area contributed by atoms with Gasteiger partial charge in [0.2, 0.25) is 0 Å². The molecule has 0 atom stereocenters. The van der Waals surface area contributed by atoms with Gasteiger partial charge < -0.3 is 15.4 Å². The zero-order valence-corrected chi connectivity index (χ0v) is 11.9. The van der Waals surface area contributed by atoms with Crippen molar-refractivity contribution in [3.8, 4) is 5.75 Å². The normalized spacial score (nSPS) is 10.2. The molecule has 4 heteroatoms. The molecule has 20 heavy (non-hydrogen) atoms. The van der Waals surface area contributed by atoms with Crippen molar-refractivity contribution in [1.29, 1.82) is 0 Å². The van der Waals surface area contributed by atoms with E-state index in [2.05, 4.69) is 0 Å². The Bertz CT molecular complexity index is 638. The lowest BCUT2D eigenvalue weighted by molar-refractivity contribution is 0.0991. The molecule has 0 saturated carbocycles. The molecule has 0 spiro atoms. The molecule has 0 bridgehead atoms. The van der Waals surface area contributed by atoms with Crippen LogP contribution in [0.25, 0.3) is 0 Å². The second kappa shape index (κ2) is 5.65. The van der Waals surface area contributed by atoms with Crippen LogP contribution in [0.5, 0.6) is 5.75 Å². The third-order valence-corrected chi connectivity index (χ3v) is 3.19. The highest BCUT2D eigenvalue weighted by Gasteiger charge is 2.20. The number of methoxy groups -OCH3 is 1. The SMILES string of the molecule is COc1cccc(N)c1C(=O)N(C)c1cccc(C)c1. The number of nitrogens with two attached hydrogens (primary N) is 1. The first-order valence-electron chi connectivity index (χ1n) is 6.31. The summed E-state index contributed by atoms with van der Waals surface area (Å²) in [6.07, 6.45) is 0. The van der Waals surface area contributed by atoms with E-state index in [9.17, 15) is 4.79 Å². The number of nitrogens with zero attached hydrogens (tertiary/aromatic N) is 1. The maximum atomic E-state index is 12.6. The molecule has 2 N–H and O–H groups in total. The van der Waals surface area contributed by atoms with Crippen LogP contribution in [0, 0.1) is 6.92 Å². The molecule has 2 aromatic rings. The Morgan fingerprint density at radius 3 is 2.55 bits per heavy atom. The van der Waals surface area contributed by atoms with Crippen LogP contribution in [-0.2, 0) is 0 Å². The number of anilines is 2. The summed E-state index contributed by atoms with van der Waals surface area (Å²) in [6.45, 7) is 1.99. The molecule has 0 saturated heterocycles. The van der Waals surface area contributed by atoms with Gasteiger partial charge in [-0.15, -0.1) is 0 Å². The molecular weight excluding hydrogens is 252 g/mol. The summed E-state index contributed by atoms with van der Waals surface area (Å²) >= 11 is 0. The number of ether oxygens (including phenoxy) is 1. The summed E-state index contributed by atoms with van der Waals surface area (Å²) < 4.78 is 5.23. The first-order chi connectivity index (χ1) is 9.54. The third kappa shape index (κ3) is 2.59. The van der Waals surface area contributed by atoms with E-state index in [0.29, 0.717) is 17.0 Å². The van der Waals surface area contributed by atoms with Crippen LogP contribution in [0.3, 0.4) is 0 Å². The molecule has 2 aromatic carbocycles. The summed E-state index contributed by atoms with van der Waals surface area (Å²) in [6, 6.07) is 12.9. The molecule has 0 unspecified atom stereocenters. The largest absolute Gasteiger partial charge is 0.496 e. The fraction of sp³-hybridized carbons (Fsp3) is 0.188. The van der Waals surface area contributed by atoms with Crippen LogP contribution in [-0.4, -0.2) is 20.1 Å². The van der Waals surface area contributed by atoms with E-state index in [4.69, 9.17) is 10.5 Å². The van der Waals surface area contributed by atoms with Crippen LogP contribution in [0.15, 0.2) is 42.5 Å². The predicted molar refractivity (Wildman–Crippen MR) is 81.3 cm³/mol. The van der Waals surface area contributed by atoms with Gasteiger partial charge in [-0.1, -0.05) is 18.2 Å². The number of carbonyl (C=O) groups excluding carboxylic acids is 1. The minimum atomic E-state index is -0.189. The van der Waals surface area contributed by atoms with Gasteiger partial charge in [0.15, 0.2) is 0 Å². The maximum Gasteiger partial charge on any atom is 0.263 e. The Morgan fingerprint density at radius 2 is 1.90 bits per heavy atom. The average Bonchev–Trinajstić information content (AvgIpc) is 2.45. The Hall–Kier alpha value is -2.49. The van der Waals surface area contributed by atoms with E-state index in [1.807, 2.05) is 31.2 Å². The van der Waals surface area contributed by atoms with E-state index < -0.39 is 0 Å². The topological polar surface area (TPSA) is 55.6 Å². The highest BCUT2D eigenvalue weighted by molar-refractivity contribution is 6.10. The molecule has 0 radical (unpaired) electrons. The number of benzene rings is 2. The van der Waals surface area contributed by atoms with Crippen molar-refractivity contribution >= 4 is 17.3 Å². The van der Waals surface area contributed by atoms with Gasteiger partial charge in [-0.25, -0.2) is 0 Å². The molecule has 0 aliphatic heterocycles. The molecule has 2 rings (SSSR count). The molecule has 4 nitrogen and oxygen atoms in total. The standard InChI is InChI=1S/C16H18N2O2/c1-11-6-4-7-12(10-11)18(2)16(19)15-13(17)8-5-9-14(15)20-3/h4-10H,17H2,1-3H3. The monoisotopic (exact) mass is 270 g/mol. The summed E-state index contributed by atoms with van der Waals surface area (Å²) in [5.41, 5.74) is 8.63. The number of carbonyl (C=O) groups is 1. The molecule has 0 aliphatic rings. The quantitative estimate of drug-likeness (QED) is 0.872. The highest BCUT2D eigenvalue weighted by atomic mass is 16.5. The van der Waals surface area contributed by atoms with Gasteiger partial charge in [0.05, 0.1) is 7.11 Å². The molecule has 1 amide bonds. The molecule has 0 aromatic heterocycles. The van der Waals surface area contributed by atoms with Gasteiger partial charge in [0.25, 0.3) is 5.91 Å². The van der Waals surface area contributed by atoms with Gasteiger partial charge in [0, 0.05) is 18.4 Å². The fourth-order valence-corrected chi connectivity index (χ4v) is 2.07. The van der Waals surface area contributed by atoms with Crippen molar-refractivity contribution in [1.82, 2.24) is 0 Å². The number of nitrogen functional groups attached to an aromatic ring is 1. The summed E-state index contributed by atoms with van der Waals surface area (Å²) in [7, 11) is 3.25. The van der Waals surface area contributed by atoms with Crippen LogP contribution in [0.1, 0.15) is 15.9 Å². The molecule has 0 aliphatic carbocycles. The fourth-order valence-electron chi connectivity index (χ4n) is 2.07. The number of hydrogen-bond donors (Lipinski definition) is 1. The lowest BCUT2D eigenvalue weighted by Gasteiger charge is -2.20. The van der Waals surface area contributed by atoms with E-state index in [1.54, 1.807) is 30.1 Å². The number of rotatable bonds is 3. The zero-order valence-electron chi connectivity index (χ0n) is 11.9. The van der Waals surface area contributed by atoms with Gasteiger partial charge in [-0.05, 0) is 36.8 Å². The minimum Gasteiger partial charge on any atom is -0.496 e. The second-order valence-electron chi connectivity index (χ2n) is 4.63.